The van der Waals surface area contributed by atoms with Crippen molar-refractivity contribution in [3.05, 3.63) is 12.4 Å². The van der Waals surface area contributed by atoms with E-state index in [1.165, 1.54) is 6.20 Å². The topological polar surface area (TPSA) is 96.5 Å². The van der Waals surface area contributed by atoms with Gasteiger partial charge in [-0.1, -0.05) is 0 Å². The van der Waals surface area contributed by atoms with Crippen molar-refractivity contribution >= 4 is 17.4 Å². The summed E-state index contributed by atoms with van der Waals surface area (Å²) < 4.78 is 38.3. The number of aliphatic carboxylic acids is 1. The highest BCUT2D eigenvalue weighted by Gasteiger charge is 2.33. The first-order valence-corrected chi connectivity index (χ1v) is 4.92. The van der Waals surface area contributed by atoms with Crippen molar-refractivity contribution in [2.75, 3.05) is 18.0 Å². The molecule has 0 aliphatic carbocycles. The summed E-state index contributed by atoms with van der Waals surface area (Å²) in [4.78, 5) is 14.9. The minimum atomic E-state index is -4.56. The number of hydrogen-bond donors (Lipinski definition) is 1. The van der Waals surface area contributed by atoms with Crippen molar-refractivity contribution in [2.24, 2.45) is 0 Å². The number of carboxylic acids is 1. The van der Waals surface area contributed by atoms with Crippen LogP contribution in [0, 0.1) is 0 Å². The zero-order chi connectivity index (χ0) is 14.0. The molecular weight excluding hydrogens is 269 g/mol. The Hall–Kier alpha value is -2.46. The molecule has 0 radical (unpaired) electrons. The van der Waals surface area contributed by atoms with Gasteiger partial charge in [-0.15, -0.1) is 5.10 Å². The first-order chi connectivity index (χ1) is 8.87. The molecule has 0 fully saturated rings. The first-order valence-electron chi connectivity index (χ1n) is 4.92. The second kappa shape index (κ2) is 4.66. The summed E-state index contributed by atoms with van der Waals surface area (Å²) in [6, 6.07) is 0. The van der Waals surface area contributed by atoms with Crippen molar-refractivity contribution < 1.29 is 23.1 Å². The smallest absolute Gasteiger partial charge is 0.405 e. The fourth-order valence-corrected chi connectivity index (χ4v) is 1.48. The van der Waals surface area contributed by atoms with E-state index in [1.807, 2.05) is 0 Å². The van der Waals surface area contributed by atoms with Gasteiger partial charge < -0.3 is 10.0 Å². The van der Waals surface area contributed by atoms with Crippen molar-refractivity contribution in [2.45, 2.75) is 6.18 Å². The molecule has 2 rings (SSSR count). The van der Waals surface area contributed by atoms with Gasteiger partial charge >= 0.3 is 12.1 Å². The van der Waals surface area contributed by atoms with Crippen LogP contribution in [0.1, 0.15) is 0 Å². The molecule has 0 unspecified atom stereocenters. The average molecular weight is 276 g/mol. The van der Waals surface area contributed by atoms with Crippen molar-refractivity contribution in [3.8, 4) is 0 Å². The molecule has 0 atom stereocenters. The molecule has 0 spiro atoms. The molecule has 0 aliphatic rings. The van der Waals surface area contributed by atoms with Crippen LogP contribution >= 0.6 is 0 Å². The number of anilines is 1. The number of halogens is 3. The van der Waals surface area contributed by atoms with Gasteiger partial charge in [0.1, 0.15) is 13.1 Å². The van der Waals surface area contributed by atoms with Gasteiger partial charge in [0.2, 0.25) is 0 Å². The highest BCUT2D eigenvalue weighted by atomic mass is 19.4. The number of tetrazole rings is 1. The normalized spacial score (nSPS) is 11.7. The Morgan fingerprint density at radius 1 is 1.42 bits per heavy atom. The summed E-state index contributed by atoms with van der Waals surface area (Å²) in [7, 11) is 0. The van der Waals surface area contributed by atoms with Crippen LogP contribution in [0.25, 0.3) is 5.65 Å². The largest absolute Gasteiger partial charge is 0.480 e. The van der Waals surface area contributed by atoms with Crippen LogP contribution in [-0.2, 0) is 4.79 Å². The van der Waals surface area contributed by atoms with E-state index >= 15 is 0 Å². The Labute approximate surface area is 103 Å². The number of alkyl halides is 3. The number of carbonyl (C=O) groups is 1. The van der Waals surface area contributed by atoms with Crippen LogP contribution in [0.4, 0.5) is 19.0 Å². The average Bonchev–Trinajstić information content (AvgIpc) is 2.72. The molecule has 0 bridgehead atoms. The molecule has 1 N–H and O–H groups in total. The third-order valence-electron chi connectivity index (χ3n) is 2.11. The quantitative estimate of drug-likeness (QED) is 0.837. The maximum Gasteiger partial charge on any atom is 0.405 e. The molecular formula is C8H7F3N6O2. The summed E-state index contributed by atoms with van der Waals surface area (Å²) in [5, 5.41) is 19.0. The predicted molar refractivity (Wildman–Crippen MR) is 54.5 cm³/mol. The second-order valence-corrected chi connectivity index (χ2v) is 3.58. The fourth-order valence-electron chi connectivity index (χ4n) is 1.48. The standard InChI is InChI=1S/C8H7F3N6O2/c9-8(10,11)4-16(3-7(18)19)6-2-12-1-5-13-14-15-17(5)6/h1-2H,3-4H2,(H,18,19). The number of fused-ring (bicyclic) bond motifs is 1. The molecule has 0 saturated heterocycles. The van der Waals surface area contributed by atoms with Crippen LogP contribution < -0.4 is 4.90 Å². The molecule has 19 heavy (non-hydrogen) atoms. The second-order valence-electron chi connectivity index (χ2n) is 3.58. The van der Waals surface area contributed by atoms with Crippen LogP contribution in [0.3, 0.4) is 0 Å². The Morgan fingerprint density at radius 3 is 2.79 bits per heavy atom. The summed E-state index contributed by atoms with van der Waals surface area (Å²) in [6.45, 7) is -2.29. The van der Waals surface area contributed by atoms with Gasteiger partial charge in [-0.3, -0.25) is 9.78 Å². The molecule has 2 aromatic rings. The highest BCUT2D eigenvalue weighted by molar-refractivity contribution is 5.73. The van der Waals surface area contributed by atoms with E-state index in [0.29, 0.717) is 4.90 Å². The number of carboxylic acid groups (broad SMARTS) is 1. The SMILES string of the molecule is O=C(O)CN(CC(F)(F)F)c1cncc2nnnn12. The third-order valence-corrected chi connectivity index (χ3v) is 2.11. The van der Waals surface area contributed by atoms with E-state index < -0.39 is 25.2 Å². The van der Waals surface area contributed by atoms with Gasteiger partial charge in [0, 0.05) is 0 Å². The van der Waals surface area contributed by atoms with E-state index in [0.717, 1.165) is 10.7 Å². The fraction of sp³-hybridized carbons (Fsp3) is 0.375. The molecule has 0 amide bonds. The lowest BCUT2D eigenvalue weighted by atomic mass is 10.4. The Balaban J connectivity index is 2.42. The van der Waals surface area contributed by atoms with Gasteiger partial charge in [-0.2, -0.15) is 17.7 Å². The first kappa shape index (κ1) is 13.0. The van der Waals surface area contributed by atoms with E-state index in [4.69, 9.17) is 5.11 Å². The number of aromatic nitrogens is 5. The number of rotatable bonds is 4. The molecule has 2 aromatic heterocycles. The van der Waals surface area contributed by atoms with Crippen LogP contribution in [0.5, 0.6) is 0 Å². The van der Waals surface area contributed by atoms with Gasteiger partial charge in [0.25, 0.3) is 0 Å². The molecule has 11 heteroatoms. The van der Waals surface area contributed by atoms with E-state index in [9.17, 15) is 18.0 Å². The van der Waals surface area contributed by atoms with Crippen molar-refractivity contribution in [1.82, 2.24) is 25.0 Å². The van der Waals surface area contributed by atoms with Gasteiger partial charge in [0.05, 0.1) is 12.4 Å². The van der Waals surface area contributed by atoms with Crippen LogP contribution in [0.15, 0.2) is 12.4 Å². The lowest BCUT2D eigenvalue weighted by Crippen LogP contribution is -2.39. The third kappa shape index (κ3) is 3.05. The zero-order valence-electron chi connectivity index (χ0n) is 9.24. The van der Waals surface area contributed by atoms with Crippen molar-refractivity contribution in [3.63, 3.8) is 0 Å². The zero-order valence-corrected chi connectivity index (χ0v) is 9.24. The molecule has 0 aromatic carbocycles. The van der Waals surface area contributed by atoms with E-state index in [1.54, 1.807) is 0 Å². The maximum absolute atomic E-state index is 12.5. The number of hydrogen-bond acceptors (Lipinski definition) is 6. The van der Waals surface area contributed by atoms with E-state index in [-0.39, 0.29) is 11.5 Å². The Bertz CT molecular complexity index is 597. The van der Waals surface area contributed by atoms with Gasteiger partial charge in [-0.25, -0.2) is 0 Å². The number of nitrogens with zero attached hydrogens (tertiary/aromatic N) is 6. The Kier molecular flexibility index (Phi) is 3.19. The lowest BCUT2D eigenvalue weighted by molar-refractivity contribution is -0.136. The minimum absolute atomic E-state index is 0.120. The van der Waals surface area contributed by atoms with Crippen LogP contribution in [0.2, 0.25) is 0 Å². The highest BCUT2D eigenvalue weighted by Crippen LogP contribution is 2.21. The molecule has 8 nitrogen and oxygen atoms in total. The molecule has 0 saturated carbocycles. The predicted octanol–water partition coefficient (Wildman–Crippen LogP) is -0.0274. The van der Waals surface area contributed by atoms with Crippen molar-refractivity contribution in [1.29, 1.82) is 0 Å². The molecule has 2 heterocycles. The van der Waals surface area contributed by atoms with E-state index in [2.05, 4.69) is 20.5 Å². The molecule has 0 aliphatic heterocycles. The van der Waals surface area contributed by atoms with Crippen LogP contribution in [-0.4, -0.2) is 55.4 Å². The summed E-state index contributed by atoms with van der Waals surface area (Å²) >= 11 is 0. The monoisotopic (exact) mass is 276 g/mol. The molecule has 102 valence electrons. The van der Waals surface area contributed by atoms with Gasteiger partial charge in [-0.05, 0) is 10.4 Å². The summed E-state index contributed by atoms with van der Waals surface area (Å²) in [5.74, 6) is -1.56. The minimum Gasteiger partial charge on any atom is -0.480 e. The summed E-state index contributed by atoms with van der Waals surface area (Å²) in [5.41, 5.74) is 0.120. The van der Waals surface area contributed by atoms with Gasteiger partial charge in [0.15, 0.2) is 11.5 Å². The lowest BCUT2D eigenvalue weighted by Gasteiger charge is -2.23. The maximum atomic E-state index is 12.5. The summed E-state index contributed by atoms with van der Waals surface area (Å²) in [6.07, 6.45) is -2.25. The Morgan fingerprint density at radius 2 is 2.16 bits per heavy atom.